The van der Waals surface area contributed by atoms with Crippen LogP contribution in [0, 0.1) is 11.3 Å². The second-order valence-electron chi connectivity index (χ2n) is 6.40. The molecule has 0 radical (unpaired) electrons. The van der Waals surface area contributed by atoms with Crippen LogP contribution in [0.4, 0.5) is 0 Å². The molecule has 2 N–H and O–H groups in total. The van der Waals surface area contributed by atoms with Crippen molar-refractivity contribution in [3.05, 3.63) is 41.7 Å². The second-order valence-corrected chi connectivity index (χ2v) is 6.40. The van der Waals surface area contributed by atoms with Gasteiger partial charge in [0.25, 0.3) is 0 Å². The summed E-state index contributed by atoms with van der Waals surface area (Å²) in [4.78, 5) is 0. The minimum absolute atomic E-state index is 0.154. The molecule has 7 nitrogen and oxygen atoms in total. The number of aliphatic hydroxyl groups excluding tert-OH is 1. The van der Waals surface area contributed by atoms with Crippen molar-refractivity contribution in [3.63, 3.8) is 0 Å². The first-order chi connectivity index (χ1) is 12.2. The number of hydrogen-bond acceptors (Lipinski definition) is 6. The summed E-state index contributed by atoms with van der Waals surface area (Å²) < 4.78 is 7.17. The molecule has 1 fully saturated rings. The first kappa shape index (κ1) is 17.4. The number of benzene rings is 1. The Labute approximate surface area is 147 Å². The molecule has 1 aromatic heterocycles. The molecule has 1 aliphatic carbocycles. The van der Waals surface area contributed by atoms with Crippen LogP contribution >= 0.6 is 0 Å². The van der Waals surface area contributed by atoms with Crippen molar-refractivity contribution in [1.82, 2.24) is 20.3 Å². The minimum atomic E-state index is -0.687. The van der Waals surface area contributed by atoms with Crippen LogP contribution in [0.25, 0.3) is 0 Å². The van der Waals surface area contributed by atoms with E-state index in [0.29, 0.717) is 30.4 Å². The number of nitriles is 1. The molecule has 1 atom stereocenters. The van der Waals surface area contributed by atoms with E-state index in [4.69, 9.17) is 10.00 Å². The van der Waals surface area contributed by atoms with Crippen molar-refractivity contribution in [2.75, 3.05) is 6.61 Å². The van der Waals surface area contributed by atoms with Crippen LogP contribution in [0.2, 0.25) is 0 Å². The lowest BCUT2D eigenvalue weighted by Crippen LogP contribution is -2.25. The highest BCUT2D eigenvalue weighted by molar-refractivity contribution is 5.34. The Morgan fingerprint density at radius 3 is 2.80 bits per heavy atom. The highest BCUT2D eigenvalue weighted by Crippen LogP contribution is 2.17. The molecule has 2 aromatic rings. The molecule has 1 aromatic carbocycles. The van der Waals surface area contributed by atoms with Crippen molar-refractivity contribution in [3.8, 4) is 11.8 Å². The minimum Gasteiger partial charge on any atom is -0.491 e. The van der Waals surface area contributed by atoms with Gasteiger partial charge in [-0.05, 0) is 37.1 Å². The van der Waals surface area contributed by atoms with Gasteiger partial charge < -0.3 is 15.2 Å². The van der Waals surface area contributed by atoms with Gasteiger partial charge in [-0.1, -0.05) is 18.1 Å². The summed E-state index contributed by atoms with van der Waals surface area (Å²) in [5.74, 6) is 0.623. The van der Waals surface area contributed by atoms with Crippen LogP contribution in [-0.4, -0.2) is 38.9 Å². The molecule has 7 heteroatoms. The Bertz CT molecular complexity index is 701. The zero-order chi connectivity index (χ0) is 17.5. The lowest BCUT2D eigenvalue weighted by molar-refractivity contribution is 0.0888. The molecule has 0 unspecified atom stereocenters. The van der Waals surface area contributed by atoms with Gasteiger partial charge in [-0.2, -0.15) is 5.26 Å². The van der Waals surface area contributed by atoms with Crippen molar-refractivity contribution in [1.29, 1.82) is 5.26 Å². The highest BCUT2D eigenvalue weighted by atomic mass is 16.5. The van der Waals surface area contributed by atoms with Crippen LogP contribution in [0.5, 0.6) is 5.75 Å². The van der Waals surface area contributed by atoms with E-state index in [1.165, 1.54) is 25.7 Å². The first-order valence-corrected chi connectivity index (χ1v) is 8.66. The summed E-state index contributed by atoms with van der Waals surface area (Å²) >= 11 is 0. The topological polar surface area (TPSA) is 96.0 Å². The SMILES string of the molecule is N#Cc1ccc(OC[C@@H](O)Cn2cc(CNC3CCCC3)nn2)cc1. The third-order valence-electron chi connectivity index (χ3n) is 4.34. The van der Waals surface area contributed by atoms with Gasteiger partial charge in [0.1, 0.15) is 18.5 Å². The summed E-state index contributed by atoms with van der Waals surface area (Å²) in [7, 11) is 0. The molecule has 3 rings (SSSR count). The van der Waals surface area contributed by atoms with E-state index in [-0.39, 0.29) is 6.61 Å². The number of ether oxygens (including phenoxy) is 1. The van der Waals surface area contributed by atoms with Crippen LogP contribution < -0.4 is 10.1 Å². The van der Waals surface area contributed by atoms with E-state index in [2.05, 4.69) is 21.7 Å². The smallest absolute Gasteiger partial charge is 0.119 e. The molecule has 0 spiro atoms. The fourth-order valence-corrected chi connectivity index (χ4v) is 2.97. The van der Waals surface area contributed by atoms with Crippen molar-refractivity contribution < 1.29 is 9.84 Å². The molecule has 0 bridgehead atoms. The molecule has 132 valence electrons. The predicted octanol–water partition coefficient (Wildman–Crippen LogP) is 1.62. The van der Waals surface area contributed by atoms with Crippen LogP contribution in [-0.2, 0) is 13.1 Å². The molecule has 0 saturated heterocycles. The molecular weight excluding hydrogens is 318 g/mol. The maximum Gasteiger partial charge on any atom is 0.119 e. The fourth-order valence-electron chi connectivity index (χ4n) is 2.97. The summed E-state index contributed by atoms with van der Waals surface area (Å²) in [5, 5.41) is 30.5. The van der Waals surface area contributed by atoms with Crippen molar-refractivity contribution in [2.24, 2.45) is 0 Å². The highest BCUT2D eigenvalue weighted by Gasteiger charge is 2.15. The Morgan fingerprint density at radius 1 is 1.32 bits per heavy atom. The summed E-state index contributed by atoms with van der Waals surface area (Å²) in [6, 6.07) is 9.45. The number of rotatable bonds is 8. The standard InChI is InChI=1S/C18H23N5O2/c19-9-14-5-7-18(8-6-14)25-13-17(24)12-23-11-16(21-22-23)10-20-15-3-1-2-4-15/h5-8,11,15,17,20,24H,1-4,10,12-13H2/t17-/m0/s1. The molecule has 0 aliphatic heterocycles. The number of aliphatic hydroxyl groups is 1. The molecule has 1 heterocycles. The van der Waals surface area contributed by atoms with Gasteiger partial charge in [-0.25, -0.2) is 4.68 Å². The molecule has 25 heavy (non-hydrogen) atoms. The van der Waals surface area contributed by atoms with Gasteiger partial charge in [0, 0.05) is 18.8 Å². The maximum atomic E-state index is 10.1. The third-order valence-corrected chi connectivity index (χ3v) is 4.34. The van der Waals surface area contributed by atoms with E-state index in [1.807, 2.05) is 6.20 Å². The Hall–Kier alpha value is -2.43. The number of nitrogens with one attached hydrogen (secondary N) is 1. The average molecular weight is 341 g/mol. The van der Waals surface area contributed by atoms with E-state index in [1.54, 1.807) is 28.9 Å². The van der Waals surface area contributed by atoms with Crippen LogP contribution in [0.1, 0.15) is 36.9 Å². The van der Waals surface area contributed by atoms with Gasteiger partial charge in [-0.15, -0.1) is 5.10 Å². The average Bonchev–Trinajstić information content (AvgIpc) is 3.30. The van der Waals surface area contributed by atoms with Crippen molar-refractivity contribution in [2.45, 2.75) is 50.9 Å². The first-order valence-electron chi connectivity index (χ1n) is 8.66. The third kappa shape index (κ3) is 5.28. The summed E-state index contributed by atoms with van der Waals surface area (Å²) in [5.41, 5.74) is 1.46. The van der Waals surface area contributed by atoms with Gasteiger partial charge in [-0.3, -0.25) is 0 Å². The normalized spacial score (nSPS) is 15.8. The van der Waals surface area contributed by atoms with Crippen molar-refractivity contribution >= 4 is 0 Å². The summed E-state index contributed by atoms with van der Waals surface area (Å²) in [6.45, 7) is 1.19. The maximum absolute atomic E-state index is 10.1. The van der Waals surface area contributed by atoms with E-state index < -0.39 is 6.10 Å². The Kier molecular flexibility index (Phi) is 5.99. The lowest BCUT2D eigenvalue weighted by Gasteiger charge is -2.12. The van der Waals surface area contributed by atoms with E-state index >= 15 is 0 Å². The monoisotopic (exact) mass is 341 g/mol. The largest absolute Gasteiger partial charge is 0.491 e. The molecule has 1 saturated carbocycles. The van der Waals surface area contributed by atoms with Gasteiger partial charge in [0.2, 0.25) is 0 Å². The molecule has 0 amide bonds. The predicted molar refractivity (Wildman–Crippen MR) is 91.8 cm³/mol. The van der Waals surface area contributed by atoms with E-state index in [0.717, 1.165) is 5.69 Å². The zero-order valence-corrected chi connectivity index (χ0v) is 14.1. The second kappa shape index (κ2) is 8.60. The molecule has 1 aliphatic rings. The van der Waals surface area contributed by atoms with Gasteiger partial charge in [0.05, 0.1) is 23.9 Å². The Balaban J connectivity index is 1.41. The number of hydrogen-bond donors (Lipinski definition) is 2. The zero-order valence-electron chi connectivity index (χ0n) is 14.1. The van der Waals surface area contributed by atoms with Gasteiger partial charge >= 0.3 is 0 Å². The number of nitrogens with zero attached hydrogens (tertiary/aromatic N) is 4. The van der Waals surface area contributed by atoms with Crippen LogP contribution in [0.15, 0.2) is 30.5 Å². The quantitative estimate of drug-likeness (QED) is 0.757. The van der Waals surface area contributed by atoms with Crippen LogP contribution in [0.3, 0.4) is 0 Å². The van der Waals surface area contributed by atoms with Gasteiger partial charge in [0.15, 0.2) is 0 Å². The number of aromatic nitrogens is 3. The van der Waals surface area contributed by atoms with E-state index in [9.17, 15) is 5.11 Å². The molecular formula is C18H23N5O2. The Morgan fingerprint density at radius 2 is 2.08 bits per heavy atom. The fraction of sp³-hybridized carbons (Fsp3) is 0.500. The summed E-state index contributed by atoms with van der Waals surface area (Å²) in [6.07, 6.45) is 6.24. The lowest BCUT2D eigenvalue weighted by atomic mass is 10.2.